The molecule has 1 fully saturated rings. The summed E-state index contributed by atoms with van der Waals surface area (Å²) >= 11 is 0. The zero-order chi connectivity index (χ0) is 23.7. The largest absolute Gasteiger partial charge is 0.470 e. The smallest absolute Gasteiger partial charge is 0.373 e. The van der Waals surface area contributed by atoms with Crippen LogP contribution in [0.4, 0.5) is 0 Å². The molecule has 31 heavy (non-hydrogen) atoms. The number of unbranched alkanes of at least 4 members (excludes halogenated alkanes) is 1. The van der Waals surface area contributed by atoms with Gasteiger partial charge in [0, 0.05) is 19.8 Å². The van der Waals surface area contributed by atoms with Gasteiger partial charge in [-0.25, -0.2) is 14.0 Å². The lowest BCUT2D eigenvalue weighted by atomic mass is 9.84. The molecule has 0 heterocycles. The normalized spacial score (nSPS) is 29.9. The lowest BCUT2D eigenvalue weighted by Gasteiger charge is -2.48. The molecule has 0 aromatic heterocycles. The van der Waals surface area contributed by atoms with Gasteiger partial charge in [0.15, 0.2) is 6.10 Å². The van der Waals surface area contributed by atoms with Crippen LogP contribution in [0.3, 0.4) is 0 Å². The van der Waals surface area contributed by atoms with E-state index in [-0.39, 0.29) is 19.8 Å². The van der Waals surface area contributed by atoms with E-state index in [0.717, 1.165) is 0 Å². The molecular formula is C16H34O13P2. The highest BCUT2D eigenvalue weighted by Gasteiger charge is 2.58. The Balaban J connectivity index is 3.48. The van der Waals surface area contributed by atoms with E-state index in [0.29, 0.717) is 25.7 Å². The van der Waals surface area contributed by atoms with Crippen molar-refractivity contribution in [1.29, 1.82) is 0 Å². The predicted molar refractivity (Wildman–Crippen MR) is 106 cm³/mol. The van der Waals surface area contributed by atoms with E-state index >= 15 is 0 Å². The van der Waals surface area contributed by atoms with E-state index < -0.39 is 52.3 Å². The predicted octanol–water partition coefficient (Wildman–Crippen LogP) is 1.59. The number of phosphoric ester groups is 2. The van der Waals surface area contributed by atoms with Gasteiger partial charge in [-0.05, 0) is 19.3 Å². The minimum atomic E-state index is -5.12. The number of rotatable bonds is 15. The molecule has 0 spiro atoms. The summed E-state index contributed by atoms with van der Waals surface area (Å²) in [5.74, 6) is 0. The van der Waals surface area contributed by atoms with Crippen molar-refractivity contribution < 1.29 is 62.1 Å². The van der Waals surface area contributed by atoms with Crippen molar-refractivity contribution in [3.05, 3.63) is 0 Å². The summed E-state index contributed by atoms with van der Waals surface area (Å²) in [5.41, 5.74) is 0. The minimum Gasteiger partial charge on any atom is -0.373 e. The van der Waals surface area contributed by atoms with Crippen LogP contribution in [0.5, 0.6) is 0 Å². The molecule has 1 saturated carbocycles. The summed E-state index contributed by atoms with van der Waals surface area (Å²) in [7, 11) is -10.2. The highest BCUT2D eigenvalue weighted by Crippen LogP contribution is 2.47. The van der Waals surface area contributed by atoms with Gasteiger partial charge in [0.05, 0.1) is 0 Å². The zero-order valence-corrected chi connectivity index (χ0v) is 19.6. The van der Waals surface area contributed by atoms with Gasteiger partial charge in [-0.2, -0.15) is 0 Å². The Labute approximate surface area is 181 Å². The first-order valence-corrected chi connectivity index (χ1v) is 13.2. The second kappa shape index (κ2) is 13.7. The monoisotopic (exact) mass is 496 g/mol. The Kier molecular flexibility index (Phi) is 12.8. The highest BCUT2D eigenvalue weighted by molar-refractivity contribution is 7.46. The van der Waals surface area contributed by atoms with Gasteiger partial charge in [0.2, 0.25) is 0 Å². The SMILES string of the molecule is CCCCOC1C(OP(=O)(O)O)[C@H](OCCC)C(OO)C(OCCC)[C@@H]1OP(=O)(O)O. The van der Waals surface area contributed by atoms with Crippen LogP contribution in [0.2, 0.25) is 0 Å². The van der Waals surface area contributed by atoms with E-state index in [1.807, 2.05) is 6.92 Å². The number of hydrogen-bond donors (Lipinski definition) is 5. The lowest BCUT2D eigenvalue weighted by molar-refractivity contribution is -0.356. The molecule has 13 nitrogen and oxygen atoms in total. The first-order chi connectivity index (χ1) is 14.5. The molecular weight excluding hydrogens is 462 g/mol. The van der Waals surface area contributed by atoms with Crippen molar-refractivity contribution in [2.24, 2.45) is 0 Å². The summed E-state index contributed by atoms with van der Waals surface area (Å²) < 4.78 is 50.2. The van der Waals surface area contributed by atoms with E-state index in [2.05, 4.69) is 4.89 Å². The third-order valence-electron chi connectivity index (χ3n) is 4.42. The Morgan fingerprint density at radius 1 is 0.613 bits per heavy atom. The Bertz CT molecular complexity index is 550. The second-order valence-electron chi connectivity index (χ2n) is 7.05. The topological polar surface area (TPSA) is 191 Å². The molecule has 0 aromatic rings. The highest BCUT2D eigenvalue weighted by atomic mass is 31.2. The van der Waals surface area contributed by atoms with Crippen molar-refractivity contribution >= 4 is 15.6 Å². The first-order valence-electron chi connectivity index (χ1n) is 10.1. The van der Waals surface area contributed by atoms with Crippen LogP contribution < -0.4 is 0 Å². The third kappa shape index (κ3) is 9.81. The molecule has 1 aliphatic rings. The summed E-state index contributed by atoms with van der Waals surface area (Å²) in [6.45, 7) is 5.75. The van der Waals surface area contributed by atoms with Crippen LogP contribution in [0.15, 0.2) is 0 Å². The van der Waals surface area contributed by atoms with E-state index in [4.69, 9.17) is 23.3 Å². The molecule has 0 aromatic carbocycles. The molecule has 5 N–H and O–H groups in total. The maximum Gasteiger partial charge on any atom is 0.470 e. The van der Waals surface area contributed by atoms with Gasteiger partial charge >= 0.3 is 15.6 Å². The van der Waals surface area contributed by atoms with Crippen molar-refractivity contribution in [3.63, 3.8) is 0 Å². The molecule has 1 rings (SSSR count). The molecule has 6 atom stereocenters. The Hall–Kier alpha value is 0.0200. The molecule has 0 amide bonds. The number of hydrogen-bond acceptors (Lipinski definition) is 9. The number of phosphoric acid groups is 2. The molecule has 15 heteroatoms. The van der Waals surface area contributed by atoms with Crippen LogP contribution in [-0.2, 0) is 37.3 Å². The molecule has 0 aliphatic heterocycles. The number of ether oxygens (including phenoxy) is 3. The van der Waals surface area contributed by atoms with Gasteiger partial charge in [0.25, 0.3) is 0 Å². The second-order valence-corrected chi connectivity index (χ2v) is 9.43. The maximum atomic E-state index is 11.7. The quantitative estimate of drug-likeness (QED) is 0.0951. The molecule has 186 valence electrons. The van der Waals surface area contributed by atoms with Gasteiger partial charge in [0.1, 0.15) is 30.5 Å². The minimum absolute atomic E-state index is 0.0782. The van der Waals surface area contributed by atoms with Gasteiger partial charge in [-0.3, -0.25) is 14.3 Å². The van der Waals surface area contributed by atoms with Gasteiger partial charge < -0.3 is 33.8 Å². The van der Waals surface area contributed by atoms with Crippen LogP contribution >= 0.6 is 15.6 Å². The van der Waals surface area contributed by atoms with Crippen LogP contribution in [-0.4, -0.2) is 81.3 Å². The summed E-state index contributed by atoms with van der Waals surface area (Å²) in [5, 5.41) is 9.56. The van der Waals surface area contributed by atoms with E-state index in [1.165, 1.54) is 0 Å². The van der Waals surface area contributed by atoms with Crippen LogP contribution in [0.1, 0.15) is 46.5 Å². The van der Waals surface area contributed by atoms with Gasteiger partial charge in [-0.15, -0.1) is 0 Å². The fourth-order valence-electron chi connectivity index (χ4n) is 3.24. The lowest BCUT2D eigenvalue weighted by Crippen LogP contribution is -2.67. The molecule has 0 saturated heterocycles. The molecule has 0 bridgehead atoms. The summed E-state index contributed by atoms with van der Waals surface area (Å²) in [4.78, 5) is 42.2. The maximum absolute atomic E-state index is 11.7. The molecule has 0 radical (unpaired) electrons. The van der Waals surface area contributed by atoms with E-state index in [1.54, 1.807) is 13.8 Å². The summed E-state index contributed by atoms with van der Waals surface area (Å²) in [6.07, 6.45) is -6.37. The van der Waals surface area contributed by atoms with Gasteiger partial charge in [-0.1, -0.05) is 27.2 Å². The summed E-state index contributed by atoms with van der Waals surface area (Å²) in [6, 6.07) is 0. The van der Waals surface area contributed by atoms with E-state index in [9.17, 15) is 34.0 Å². The van der Waals surface area contributed by atoms with Crippen molar-refractivity contribution in [3.8, 4) is 0 Å². The molecule has 4 unspecified atom stereocenters. The standard InChI is InChI=1S/C16H34O13P2/c1-4-7-10-26-13-15(28-30(18,19)20)11(24-8-5-2)14(27-17)12(25-9-6-3)16(13)29-31(21,22)23/h11-17H,4-10H2,1-3H3,(H2,18,19,20)(H2,21,22,23)/t11-,12?,13?,14?,15?,16+/m1/s1. The third-order valence-corrected chi connectivity index (χ3v) is 5.46. The fourth-order valence-corrected chi connectivity index (χ4v) is 4.35. The average molecular weight is 496 g/mol. The van der Waals surface area contributed by atoms with Crippen LogP contribution in [0, 0.1) is 0 Å². The van der Waals surface area contributed by atoms with Crippen LogP contribution in [0.25, 0.3) is 0 Å². The average Bonchev–Trinajstić information content (AvgIpc) is 2.65. The fraction of sp³-hybridized carbons (Fsp3) is 1.00. The Morgan fingerprint density at radius 2 is 1.00 bits per heavy atom. The molecule has 1 aliphatic carbocycles. The first kappa shape index (κ1) is 29.1. The van der Waals surface area contributed by atoms with Crippen molar-refractivity contribution in [2.45, 2.75) is 83.1 Å². The van der Waals surface area contributed by atoms with Crippen molar-refractivity contribution in [2.75, 3.05) is 19.8 Å². The van der Waals surface area contributed by atoms with Crippen molar-refractivity contribution in [1.82, 2.24) is 0 Å². The Morgan fingerprint density at radius 3 is 1.32 bits per heavy atom. The zero-order valence-electron chi connectivity index (χ0n) is 17.8.